The molecule has 5 heteroatoms. The van der Waals surface area contributed by atoms with E-state index in [9.17, 15) is 0 Å². The molecule has 0 spiro atoms. The van der Waals surface area contributed by atoms with Gasteiger partial charge in [-0.15, -0.1) is 0 Å². The van der Waals surface area contributed by atoms with Crippen molar-refractivity contribution in [3.63, 3.8) is 0 Å². The summed E-state index contributed by atoms with van der Waals surface area (Å²) in [6.07, 6.45) is 0. The van der Waals surface area contributed by atoms with Crippen LogP contribution in [0.25, 0.3) is 0 Å². The van der Waals surface area contributed by atoms with Crippen LogP contribution in [0.2, 0.25) is 0 Å². The van der Waals surface area contributed by atoms with Gasteiger partial charge < -0.3 is 0 Å². The molecular formula is C11H18N2O2Se. The maximum absolute atomic E-state index is 5.46. The van der Waals surface area contributed by atoms with Gasteiger partial charge in [-0.25, -0.2) is 0 Å². The van der Waals surface area contributed by atoms with Crippen molar-refractivity contribution in [3.8, 4) is 0 Å². The maximum atomic E-state index is 5.46. The number of aromatic nitrogens is 1. The van der Waals surface area contributed by atoms with Crippen molar-refractivity contribution in [3.05, 3.63) is 10.1 Å². The number of aryl methyl sites for hydroxylation is 1. The summed E-state index contributed by atoms with van der Waals surface area (Å²) in [4.78, 5) is 7.01. The zero-order valence-electron chi connectivity index (χ0n) is 9.86. The van der Waals surface area contributed by atoms with E-state index in [1.165, 1.54) is 9.13 Å². The molecule has 0 N–H and O–H groups in total. The molecule has 1 aliphatic heterocycles. The molecule has 4 nitrogen and oxygen atoms in total. The van der Waals surface area contributed by atoms with E-state index in [4.69, 9.17) is 9.47 Å². The van der Waals surface area contributed by atoms with E-state index in [0.29, 0.717) is 14.5 Å². The Hall–Kier alpha value is -0.351. The standard InChI is InChI=1S/C11H18N2O2Se/c1-3-14-8-10-9(2)12-11(16-10)13-4-6-15-7-5-13/h3-8H2,1-2H3. The van der Waals surface area contributed by atoms with Crippen molar-refractivity contribution in [1.29, 1.82) is 0 Å². The van der Waals surface area contributed by atoms with Gasteiger partial charge in [-0.1, -0.05) is 0 Å². The molecule has 0 radical (unpaired) electrons. The topological polar surface area (TPSA) is 34.6 Å². The summed E-state index contributed by atoms with van der Waals surface area (Å²) < 4.78 is 13.5. The van der Waals surface area contributed by atoms with E-state index in [1.807, 2.05) is 6.92 Å². The first-order chi connectivity index (χ1) is 7.81. The molecule has 2 heterocycles. The summed E-state index contributed by atoms with van der Waals surface area (Å²) in [7, 11) is 0. The van der Waals surface area contributed by atoms with Crippen LogP contribution in [0.1, 0.15) is 17.1 Å². The van der Waals surface area contributed by atoms with Crippen molar-refractivity contribution in [2.24, 2.45) is 0 Å². The Labute approximate surface area is 102 Å². The van der Waals surface area contributed by atoms with Gasteiger partial charge in [-0.05, 0) is 0 Å². The third-order valence-corrected chi connectivity index (χ3v) is 5.10. The minimum atomic E-state index is 0.358. The van der Waals surface area contributed by atoms with Crippen LogP contribution >= 0.6 is 0 Å². The van der Waals surface area contributed by atoms with E-state index >= 15 is 0 Å². The SMILES string of the molecule is CCOCc1[se]c(N2CCOCC2)nc1C. The fourth-order valence-corrected chi connectivity index (χ4v) is 3.83. The normalized spacial score (nSPS) is 16.8. The second kappa shape index (κ2) is 5.82. The average Bonchev–Trinajstić information content (AvgIpc) is 2.69. The van der Waals surface area contributed by atoms with Crippen LogP contribution in [0.5, 0.6) is 0 Å². The molecule has 0 atom stereocenters. The summed E-state index contributed by atoms with van der Waals surface area (Å²) in [6.45, 7) is 9.26. The van der Waals surface area contributed by atoms with E-state index in [1.54, 1.807) is 0 Å². The predicted molar refractivity (Wildman–Crippen MR) is 64.3 cm³/mol. The molecule has 0 aromatic carbocycles. The van der Waals surface area contributed by atoms with Crippen LogP contribution in [0, 0.1) is 6.92 Å². The molecule has 0 amide bonds. The molecule has 0 unspecified atom stereocenters. The summed E-state index contributed by atoms with van der Waals surface area (Å²) in [5, 5.41) is 0. The first-order valence-electron chi connectivity index (χ1n) is 5.68. The molecular weight excluding hydrogens is 271 g/mol. The molecule has 90 valence electrons. The van der Waals surface area contributed by atoms with Gasteiger partial charge >= 0.3 is 102 Å². The molecule has 2 rings (SSSR count). The zero-order chi connectivity index (χ0) is 11.4. The monoisotopic (exact) mass is 290 g/mol. The third kappa shape index (κ3) is 2.86. The third-order valence-electron chi connectivity index (χ3n) is 2.60. The number of nitrogens with zero attached hydrogens (tertiary/aromatic N) is 2. The van der Waals surface area contributed by atoms with E-state index in [-0.39, 0.29) is 0 Å². The van der Waals surface area contributed by atoms with Crippen LogP contribution in [0.4, 0.5) is 4.69 Å². The first kappa shape index (κ1) is 12.1. The van der Waals surface area contributed by atoms with E-state index in [0.717, 1.165) is 45.2 Å². The summed E-state index contributed by atoms with van der Waals surface area (Å²) in [5.41, 5.74) is 1.16. The van der Waals surface area contributed by atoms with Crippen molar-refractivity contribution >= 4 is 19.2 Å². The van der Waals surface area contributed by atoms with Gasteiger partial charge in [0.15, 0.2) is 0 Å². The molecule has 0 saturated carbocycles. The van der Waals surface area contributed by atoms with Crippen molar-refractivity contribution in [1.82, 2.24) is 4.98 Å². The van der Waals surface area contributed by atoms with Gasteiger partial charge in [0.1, 0.15) is 0 Å². The number of ether oxygens (including phenoxy) is 2. The van der Waals surface area contributed by atoms with Gasteiger partial charge in [-0.2, -0.15) is 0 Å². The molecule has 0 aliphatic carbocycles. The van der Waals surface area contributed by atoms with Gasteiger partial charge in [0.05, 0.1) is 0 Å². The molecule has 16 heavy (non-hydrogen) atoms. The number of rotatable bonds is 4. The number of hydrogen-bond donors (Lipinski definition) is 0. The Morgan fingerprint density at radius 1 is 1.44 bits per heavy atom. The van der Waals surface area contributed by atoms with Crippen LogP contribution in [-0.4, -0.2) is 52.4 Å². The summed E-state index contributed by atoms with van der Waals surface area (Å²) in [6, 6.07) is 0. The second-order valence-corrected chi connectivity index (χ2v) is 5.97. The Kier molecular flexibility index (Phi) is 4.41. The van der Waals surface area contributed by atoms with Crippen LogP contribution in [-0.2, 0) is 16.1 Å². The van der Waals surface area contributed by atoms with Gasteiger partial charge in [0.2, 0.25) is 0 Å². The van der Waals surface area contributed by atoms with E-state index < -0.39 is 0 Å². The van der Waals surface area contributed by atoms with Crippen LogP contribution in [0.15, 0.2) is 0 Å². The number of hydrogen-bond acceptors (Lipinski definition) is 4. The zero-order valence-corrected chi connectivity index (χ0v) is 11.6. The second-order valence-electron chi connectivity index (χ2n) is 3.74. The van der Waals surface area contributed by atoms with Gasteiger partial charge in [0.25, 0.3) is 0 Å². The number of anilines is 1. The average molecular weight is 289 g/mol. The fraction of sp³-hybridized carbons (Fsp3) is 0.727. The Morgan fingerprint density at radius 2 is 2.19 bits per heavy atom. The molecule has 1 aromatic heterocycles. The molecule has 1 saturated heterocycles. The van der Waals surface area contributed by atoms with Crippen LogP contribution < -0.4 is 4.90 Å². The fourth-order valence-electron chi connectivity index (χ4n) is 1.63. The Balaban J connectivity index is 2.03. The van der Waals surface area contributed by atoms with Crippen molar-refractivity contribution < 1.29 is 9.47 Å². The minimum absolute atomic E-state index is 0.358. The quantitative estimate of drug-likeness (QED) is 0.769. The van der Waals surface area contributed by atoms with Gasteiger partial charge in [0, 0.05) is 0 Å². The molecule has 0 bridgehead atoms. The molecule has 1 fully saturated rings. The first-order valence-corrected chi connectivity index (χ1v) is 7.39. The van der Waals surface area contributed by atoms with E-state index in [2.05, 4.69) is 16.8 Å². The summed E-state index contributed by atoms with van der Waals surface area (Å²) >= 11 is 0.358. The predicted octanol–water partition coefficient (Wildman–Crippen LogP) is 0.820. The number of morpholine rings is 1. The van der Waals surface area contributed by atoms with Crippen molar-refractivity contribution in [2.75, 3.05) is 37.8 Å². The Morgan fingerprint density at radius 3 is 2.88 bits per heavy atom. The molecule has 1 aliphatic rings. The Bertz CT molecular complexity index is 335. The summed E-state index contributed by atoms with van der Waals surface area (Å²) in [5.74, 6) is 0. The van der Waals surface area contributed by atoms with Crippen LogP contribution in [0.3, 0.4) is 0 Å². The molecule has 1 aromatic rings. The van der Waals surface area contributed by atoms with Crippen molar-refractivity contribution in [2.45, 2.75) is 20.5 Å². The van der Waals surface area contributed by atoms with Gasteiger partial charge in [-0.3, -0.25) is 0 Å².